The van der Waals surface area contributed by atoms with Gasteiger partial charge < -0.3 is 9.97 Å². The maximum atomic E-state index is 5.15. The molecule has 1 aliphatic rings. The van der Waals surface area contributed by atoms with Crippen LogP contribution in [0.2, 0.25) is 0 Å². The van der Waals surface area contributed by atoms with Gasteiger partial charge in [-0.05, 0) is 134 Å². The summed E-state index contributed by atoms with van der Waals surface area (Å²) in [4.78, 5) is 15.0. The minimum absolute atomic E-state index is 0. The number of hydrogen-bond acceptors (Lipinski definition) is 3. The largest absolute Gasteiger partial charge is 3.00 e. The summed E-state index contributed by atoms with van der Waals surface area (Å²) in [5, 5.41) is 1.15. The summed E-state index contributed by atoms with van der Waals surface area (Å²) in [5.41, 5.74) is 25.7. The summed E-state index contributed by atoms with van der Waals surface area (Å²) in [6.45, 7) is 27.7. The molecule has 0 N–H and O–H groups in total. The van der Waals surface area contributed by atoms with Gasteiger partial charge in [0.25, 0.3) is 0 Å². The molecule has 1 saturated carbocycles. The Morgan fingerprint density at radius 3 is 1.14 bits per heavy atom. The number of nitrogens with zero attached hydrogens (tertiary/aromatic N) is 3. The molecule has 0 aliphatic heterocycles. The Labute approximate surface area is 522 Å². The molecule has 5 unspecified atom stereocenters. The third-order valence-corrected chi connectivity index (χ3v) is 18.8. The van der Waals surface area contributed by atoms with E-state index in [1.165, 1.54) is 77.9 Å². The standard InChI is InChI=1S/C81H84N3.Ir/c1-13-52(4)73-47-56(77-39-35-55-24-16-23-31-76(55)84-77)32-36-70(73)67-28-20-17-25-64(67)59-44-60(65-26-18-21-29-68(65)71-37-33-57(48-74(71)53(5)14-2)78-50-62(40-42-82-78)80(7,8)9)46-61(45-59)66-27-19-22-30-69(66)72-38-34-58(49-75(72)54(6)15-3)79-51-63(41-43-83-79)81(10,11)12;/h16-31,35-43,47-54,59-61H,13-15,44-46H2,1-12H3;/q-3;+3. The van der Waals surface area contributed by atoms with Crippen molar-refractivity contribution in [1.29, 1.82) is 0 Å². The fourth-order valence-electron chi connectivity index (χ4n) is 13.2. The number of hydrogen-bond donors (Lipinski definition) is 0. The van der Waals surface area contributed by atoms with Crippen molar-refractivity contribution in [2.24, 2.45) is 0 Å². The van der Waals surface area contributed by atoms with Crippen molar-refractivity contribution in [3.8, 4) is 67.2 Å². The van der Waals surface area contributed by atoms with Crippen molar-refractivity contribution >= 4 is 10.9 Å². The predicted octanol–water partition coefficient (Wildman–Crippen LogP) is 22.4. The number of pyridine rings is 3. The molecule has 1 aliphatic carbocycles. The number of para-hydroxylation sites is 1. The minimum atomic E-state index is 0. The van der Waals surface area contributed by atoms with E-state index in [1.807, 2.05) is 12.4 Å². The molecule has 432 valence electrons. The molecule has 0 radical (unpaired) electrons. The van der Waals surface area contributed by atoms with Crippen LogP contribution in [0.3, 0.4) is 0 Å². The summed E-state index contributed by atoms with van der Waals surface area (Å²) in [7, 11) is 0. The van der Waals surface area contributed by atoms with Crippen LogP contribution in [0.4, 0.5) is 0 Å². The number of rotatable bonds is 15. The van der Waals surface area contributed by atoms with Crippen molar-refractivity contribution in [2.45, 2.75) is 168 Å². The monoisotopic (exact) mass is 1290 g/mol. The van der Waals surface area contributed by atoms with Crippen molar-refractivity contribution in [3.05, 3.63) is 245 Å². The van der Waals surface area contributed by atoms with Gasteiger partial charge in [-0.2, -0.15) is 0 Å². The fourth-order valence-corrected chi connectivity index (χ4v) is 13.2. The molecule has 3 aromatic heterocycles. The van der Waals surface area contributed by atoms with Crippen LogP contribution in [-0.2, 0) is 30.9 Å². The molecule has 0 bridgehead atoms. The molecule has 0 saturated heterocycles. The molecule has 11 rings (SSSR count). The molecule has 4 heteroatoms. The second kappa shape index (κ2) is 25.9. The molecule has 0 spiro atoms. The van der Waals surface area contributed by atoms with E-state index in [-0.39, 0.29) is 48.7 Å². The molecule has 5 atom stereocenters. The maximum absolute atomic E-state index is 5.15. The zero-order chi connectivity index (χ0) is 58.9. The summed E-state index contributed by atoms with van der Waals surface area (Å²) in [6.07, 6.45) is 10.1. The SMILES string of the molecule is CCC(C)c1cc(-c2cc(C(C)(C)C)ccn2)[c-]cc1-c1ccccc1C1CC(c2ccccc2-c2c[c-]c(-c3cc(C(C)(C)C)ccn3)cc2C(C)CC)CC(c2ccccc2-c2c[c-]c(-c3ccc4ccccc4n3)cc2C(C)CC)C1.[Ir+3]. The Balaban J connectivity index is 0.00000803. The molecule has 10 aromatic rings. The van der Waals surface area contributed by atoms with E-state index >= 15 is 0 Å². The first kappa shape index (κ1) is 61.0. The first-order valence-corrected chi connectivity index (χ1v) is 31.3. The van der Waals surface area contributed by atoms with Crippen LogP contribution in [0.15, 0.2) is 182 Å². The minimum Gasteiger partial charge on any atom is -0.305 e. The van der Waals surface area contributed by atoms with Crippen LogP contribution in [0.5, 0.6) is 0 Å². The zero-order valence-electron chi connectivity index (χ0n) is 52.2. The molecular formula is C81H84IrN3. The Bertz CT molecular complexity index is 3800. The molecule has 7 aromatic carbocycles. The van der Waals surface area contributed by atoms with Crippen LogP contribution in [0.1, 0.15) is 202 Å². The van der Waals surface area contributed by atoms with Crippen LogP contribution in [0, 0.1) is 18.2 Å². The van der Waals surface area contributed by atoms with E-state index in [2.05, 4.69) is 271 Å². The zero-order valence-corrected chi connectivity index (χ0v) is 54.6. The Morgan fingerprint density at radius 2 is 0.765 bits per heavy atom. The maximum Gasteiger partial charge on any atom is 3.00 e. The van der Waals surface area contributed by atoms with E-state index < -0.39 is 0 Å². The first-order valence-electron chi connectivity index (χ1n) is 31.3. The van der Waals surface area contributed by atoms with E-state index in [0.717, 1.165) is 83.2 Å². The van der Waals surface area contributed by atoms with Gasteiger partial charge in [-0.25, -0.2) is 0 Å². The van der Waals surface area contributed by atoms with Crippen molar-refractivity contribution in [1.82, 2.24) is 15.0 Å². The second-order valence-corrected chi connectivity index (χ2v) is 26.4. The van der Waals surface area contributed by atoms with E-state index in [0.29, 0.717) is 17.8 Å². The van der Waals surface area contributed by atoms with Gasteiger partial charge in [-0.1, -0.05) is 251 Å². The second-order valence-electron chi connectivity index (χ2n) is 26.4. The summed E-state index contributed by atoms with van der Waals surface area (Å²) in [6, 6.07) is 75.2. The molecule has 0 amide bonds. The van der Waals surface area contributed by atoms with Crippen LogP contribution in [0.25, 0.3) is 78.1 Å². The fraction of sp³-hybridized carbons (Fsp3) is 0.321. The van der Waals surface area contributed by atoms with Gasteiger partial charge in [0.05, 0.1) is 5.52 Å². The predicted molar refractivity (Wildman–Crippen MR) is 355 cm³/mol. The van der Waals surface area contributed by atoms with E-state index in [9.17, 15) is 0 Å². The first-order chi connectivity index (χ1) is 40.5. The van der Waals surface area contributed by atoms with Gasteiger partial charge >= 0.3 is 20.1 Å². The van der Waals surface area contributed by atoms with Crippen LogP contribution in [-0.4, -0.2) is 15.0 Å². The third kappa shape index (κ3) is 12.9. The topological polar surface area (TPSA) is 38.7 Å². The van der Waals surface area contributed by atoms with Crippen molar-refractivity contribution in [3.63, 3.8) is 0 Å². The number of fused-ring (bicyclic) bond motifs is 1. The summed E-state index contributed by atoms with van der Waals surface area (Å²) < 4.78 is 0. The van der Waals surface area contributed by atoms with Gasteiger partial charge in [0.2, 0.25) is 0 Å². The van der Waals surface area contributed by atoms with Gasteiger partial charge in [0, 0.05) is 12.4 Å². The van der Waals surface area contributed by atoms with Crippen LogP contribution >= 0.6 is 0 Å². The van der Waals surface area contributed by atoms with Gasteiger partial charge in [-0.15, -0.1) is 88.0 Å². The summed E-state index contributed by atoms with van der Waals surface area (Å²) in [5.74, 6) is 1.76. The summed E-state index contributed by atoms with van der Waals surface area (Å²) >= 11 is 0. The Kier molecular flexibility index (Phi) is 18.6. The Hall–Kier alpha value is -7.10. The van der Waals surface area contributed by atoms with Gasteiger partial charge in [0.1, 0.15) is 0 Å². The van der Waals surface area contributed by atoms with Gasteiger partial charge in [0.15, 0.2) is 0 Å². The molecule has 3 heterocycles. The average molecular weight is 1290 g/mol. The van der Waals surface area contributed by atoms with E-state index in [4.69, 9.17) is 15.0 Å². The van der Waals surface area contributed by atoms with E-state index in [1.54, 1.807) is 0 Å². The quantitative estimate of drug-likeness (QED) is 0.0960. The van der Waals surface area contributed by atoms with Gasteiger partial charge in [-0.3, -0.25) is 4.98 Å². The smallest absolute Gasteiger partial charge is 0.305 e. The molecule has 1 fully saturated rings. The number of benzene rings is 7. The number of aromatic nitrogens is 3. The molecule has 85 heavy (non-hydrogen) atoms. The van der Waals surface area contributed by atoms with Crippen LogP contribution < -0.4 is 0 Å². The average Bonchev–Trinajstić information content (AvgIpc) is 1.73. The normalized spacial score (nSPS) is 16.6. The molecular weight excluding hydrogens is 1210 g/mol. The third-order valence-electron chi connectivity index (χ3n) is 18.8. The Morgan fingerprint density at radius 1 is 0.412 bits per heavy atom. The molecule has 3 nitrogen and oxygen atoms in total. The van der Waals surface area contributed by atoms with Crippen molar-refractivity contribution < 1.29 is 20.1 Å². The van der Waals surface area contributed by atoms with Crippen molar-refractivity contribution in [2.75, 3.05) is 0 Å².